The minimum absolute atomic E-state index is 0.325. The summed E-state index contributed by atoms with van der Waals surface area (Å²) in [5.74, 6) is 0.325. The van der Waals surface area contributed by atoms with E-state index in [0.29, 0.717) is 5.92 Å². The van der Waals surface area contributed by atoms with Gasteiger partial charge in [0.1, 0.15) is 0 Å². The molecular weight excluding hydrogens is 222 g/mol. The van der Waals surface area contributed by atoms with Crippen molar-refractivity contribution < 1.29 is 0 Å². The summed E-state index contributed by atoms with van der Waals surface area (Å²) in [6, 6.07) is 3.22. The molecule has 102 valence electrons. The second kappa shape index (κ2) is 7.11. The Morgan fingerprint density at radius 1 is 1.06 bits per heavy atom. The fourth-order valence-electron chi connectivity index (χ4n) is 3.28. The molecule has 0 atom stereocenters. The smallest absolute Gasteiger partial charge is 0.0656 e. The fraction of sp³-hybridized carbons (Fsp3) is 0.933. The molecule has 3 nitrogen and oxygen atoms in total. The van der Waals surface area contributed by atoms with Crippen molar-refractivity contribution in [3.63, 3.8) is 0 Å². The van der Waals surface area contributed by atoms with Gasteiger partial charge in [-0.15, -0.1) is 0 Å². The Balaban J connectivity index is 1.69. The highest BCUT2D eigenvalue weighted by Gasteiger charge is 2.27. The van der Waals surface area contributed by atoms with Gasteiger partial charge in [-0.25, -0.2) is 0 Å². The van der Waals surface area contributed by atoms with Crippen molar-refractivity contribution in [1.82, 2.24) is 9.80 Å². The third-order valence-electron chi connectivity index (χ3n) is 4.61. The van der Waals surface area contributed by atoms with Crippen LogP contribution in [0.5, 0.6) is 0 Å². The van der Waals surface area contributed by atoms with Crippen molar-refractivity contribution in [3.05, 3.63) is 0 Å². The number of piperidine rings is 2. The molecule has 2 aliphatic heterocycles. The highest BCUT2D eigenvalue weighted by molar-refractivity contribution is 4.90. The van der Waals surface area contributed by atoms with Gasteiger partial charge in [0.25, 0.3) is 0 Å². The van der Waals surface area contributed by atoms with E-state index < -0.39 is 0 Å². The molecule has 0 aromatic heterocycles. The molecule has 0 radical (unpaired) electrons. The van der Waals surface area contributed by atoms with E-state index in [0.717, 1.165) is 32.0 Å². The molecule has 2 aliphatic rings. The van der Waals surface area contributed by atoms with Crippen LogP contribution in [-0.2, 0) is 0 Å². The van der Waals surface area contributed by atoms with Crippen LogP contribution in [-0.4, -0.2) is 48.6 Å². The Labute approximate surface area is 112 Å². The van der Waals surface area contributed by atoms with E-state index in [4.69, 9.17) is 5.26 Å². The maximum atomic E-state index is 8.93. The first-order valence-electron chi connectivity index (χ1n) is 7.69. The van der Waals surface area contributed by atoms with Crippen LogP contribution in [0.2, 0.25) is 0 Å². The molecule has 2 fully saturated rings. The molecule has 0 amide bonds. The fourth-order valence-corrected chi connectivity index (χ4v) is 3.28. The van der Waals surface area contributed by atoms with Crippen LogP contribution in [0, 0.1) is 17.2 Å². The molecule has 3 heteroatoms. The summed E-state index contributed by atoms with van der Waals surface area (Å²) in [7, 11) is 0. The molecule has 0 bridgehead atoms. The zero-order valence-corrected chi connectivity index (χ0v) is 11.8. The maximum absolute atomic E-state index is 8.93. The van der Waals surface area contributed by atoms with Gasteiger partial charge in [0.05, 0.1) is 6.07 Å². The average molecular weight is 249 g/mol. The van der Waals surface area contributed by atoms with Crippen molar-refractivity contribution in [3.8, 4) is 6.07 Å². The van der Waals surface area contributed by atoms with E-state index in [9.17, 15) is 0 Å². The zero-order chi connectivity index (χ0) is 12.8. The Morgan fingerprint density at radius 3 is 2.28 bits per heavy atom. The number of unbranched alkanes of at least 4 members (excludes halogenated alkanes) is 1. The molecule has 2 rings (SSSR count). The molecular formula is C15H27N3. The largest absolute Gasteiger partial charge is 0.303 e. The van der Waals surface area contributed by atoms with Crippen molar-refractivity contribution in [2.75, 3.05) is 32.7 Å². The Kier molecular flexibility index (Phi) is 5.46. The molecule has 0 aromatic carbocycles. The second-order valence-corrected chi connectivity index (χ2v) is 5.87. The molecule has 2 saturated heterocycles. The van der Waals surface area contributed by atoms with E-state index in [1.54, 1.807) is 0 Å². The predicted molar refractivity (Wildman–Crippen MR) is 74.3 cm³/mol. The van der Waals surface area contributed by atoms with Gasteiger partial charge < -0.3 is 9.80 Å². The zero-order valence-electron chi connectivity index (χ0n) is 11.8. The number of rotatable bonds is 4. The standard InChI is InChI=1S/C15H27N3/c1-2-3-8-17-9-6-15(7-10-17)18-11-4-14(13-16)5-12-18/h14-15H,2-12H2,1H3. The van der Waals surface area contributed by atoms with Crippen LogP contribution in [0.15, 0.2) is 0 Å². The van der Waals surface area contributed by atoms with Crippen molar-refractivity contribution in [2.45, 2.75) is 51.5 Å². The first-order valence-corrected chi connectivity index (χ1v) is 7.69. The summed E-state index contributed by atoms with van der Waals surface area (Å²) in [5.41, 5.74) is 0. The average Bonchev–Trinajstić information content (AvgIpc) is 2.46. The van der Waals surface area contributed by atoms with Crippen LogP contribution >= 0.6 is 0 Å². The van der Waals surface area contributed by atoms with Gasteiger partial charge >= 0.3 is 0 Å². The topological polar surface area (TPSA) is 30.3 Å². The summed E-state index contributed by atoms with van der Waals surface area (Å²) in [6.07, 6.45) is 7.50. The van der Waals surface area contributed by atoms with Crippen molar-refractivity contribution in [1.29, 1.82) is 5.26 Å². The predicted octanol–water partition coefficient (Wildman–Crippen LogP) is 2.49. The molecule has 0 aliphatic carbocycles. The van der Waals surface area contributed by atoms with Gasteiger partial charge in [0, 0.05) is 12.0 Å². The Bertz CT molecular complexity index is 268. The monoisotopic (exact) mass is 249 g/mol. The van der Waals surface area contributed by atoms with Crippen LogP contribution in [0.1, 0.15) is 45.4 Å². The summed E-state index contributed by atoms with van der Waals surface area (Å²) in [4.78, 5) is 5.27. The van der Waals surface area contributed by atoms with Crippen LogP contribution in [0.3, 0.4) is 0 Å². The van der Waals surface area contributed by atoms with E-state index >= 15 is 0 Å². The molecule has 0 spiro atoms. The Hall–Kier alpha value is -0.590. The highest BCUT2D eigenvalue weighted by atomic mass is 15.2. The van der Waals surface area contributed by atoms with E-state index in [1.165, 1.54) is 45.3 Å². The van der Waals surface area contributed by atoms with E-state index in [1.807, 2.05) is 0 Å². The summed E-state index contributed by atoms with van der Waals surface area (Å²) in [5, 5.41) is 8.93. The number of nitrogens with zero attached hydrogens (tertiary/aromatic N) is 3. The van der Waals surface area contributed by atoms with Crippen LogP contribution in [0.4, 0.5) is 0 Å². The maximum Gasteiger partial charge on any atom is 0.0656 e. The van der Waals surface area contributed by atoms with Crippen molar-refractivity contribution >= 4 is 0 Å². The van der Waals surface area contributed by atoms with Gasteiger partial charge in [0.2, 0.25) is 0 Å². The lowest BCUT2D eigenvalue weighted by Gasteiger charge is -2.41. The van der Waals surface area contributed by atoms with Gasteiger partial charge in [0.15, 0.2) is 0 Å². The quantitative estimate of drug-likeness (QED) is 0.767. The summed E-state index contributed by atoms with van der Waals surface area (Å²) >= 11 is 0. The molecule has 18 heavy (non-hydrogen) atoms. The molecule has 2 heterocycles. The lowest BCUT2D eigenvalue weighted by atomic mass is 9.94. The SMILES string of the molecule is CCCCN1CCC(N2CCC(C#N)CC2)CC1. The molecule has 0 unspecified atom stereocenters. The molecule has 0 aromatic rings. The van der Waals surface area contributed by atoms with E-state index in [-0.39, 0.29) is 0 Å². The number of likely N-dealkylation sites (tertiary alicyclic amines) is 2. The van der Waals surface area contributed by atoms with Gasteiger partial charge in [-0.1, -0.05) is 13.3 Å². The third-order valence-corrected chi connectivity index (χ3v) is 4.61. The first-order chi connectivity index (χ1) is 8.83. The minimum Gasteiger partial charge on any atom is -0.303 e. The lowest BCUT2D eigenvalue weighted by Crippen LogP contribution is -2.47. The van der Waals surface area contributed by atoms with Gasteiger partial charge in [-0.05, 0) is 64.8 Å². The molecule has 0 N–H and O–H groups in total. The second-order valence-electron chi connectivity index (χ2n) is 5.87. The summed E-state index contributed by atoms with van der Waals surface area (Å²) in [6.45, 7) is 8.42. The minimum atomic E-state index is 0.325. The van der Waals surface area contributed by atoms with E-state index in [2.05, 4.69) is 22.8 Å². The molecule has 0 saturated carbocycles. The number of hydrogen-bond donors (Lipinski definition) is 0. The highest BCUT2D eigenvalue weighted by Crippen LogP contribution is 2.23. The third kappa shape index (κ3) is 3.70. The van der Waals surface area contributed by atoms with Gasteiger partial charge in [-0.2, -0.15) is 5.26 Å². The summed E-state index contributed by atoms with van der Waals surface area (Å²) < 4.78 is 0. The Morgan fingerprint density at radius 2 is 1.72 bits per heavy atom. The van der Waals surface area contributed by atoms with Crippen LogP contribution < -0.4 is 0 Å². The number of hydrogen-bond acceptors (Lipinski definition) is 3. The number of nitriles is 1. The first kappa shape index (κ1) is 13.8. The normalized spacial score (nSPS) is 25.1. The van der Waals surface area contributed by atoms with Gasteiger partial charge in [-0.3, -0.25) is 0 Å². The lowest BCUT2D eigenvalue weighted by molar-refractivity contribution is 0.0844. The van der Waals surface area contributed by atoms with Crippen molar-refractivity contribution in [2.24, 2.45) is 5.92 Å². The van der Waals surface area contributed by atoms with Crippen LogP contribution in [0.25, 0.3) is 0 Å².